The number of alkyl carbamates (subject to hydrolysis) is 1. The number of anilines is 1. The van der Waals surface area contributed by atoms with Crippen LogP contribution in [-0.2, 0) is 39.6 Å². The van der Waals surface area contributed by atoms with Gasteiger partial charge >= 0.3 is 12.1 Å². The molecule has 0 heterocycles. The number of amides is 3. The van der Waals surface area contributed by atoms with E-state index >= 15 is 0 Å². The van der Waals surface area contributed by atoms with Gasteiger partial charge in [-0.1, -0.05) is 39.8 Å². The van der Waals surface area contributed by atoms with Crippen molar-refractivity contribution in [3.63, 3.8) is 0 Å². The van der Waals surface area contributed by atoms with Crippen molar-refractivity contribution in [3.8, 4) is 0 Å². The van der Waals surface area contributed by atoms with E-state index in [4.69, 9.17) is 18.6 Å². The van der Waals surface area contributed by atoms with Gasteiger partial charge in [-0.05, 0) is 56.6 Å². The quantitative estimate of drug-likeness (QED) is 0.211. The lowest BCUT2D eigenvalue weighted by atomic mass is 10.1. The van der Waals surface area contributed by atoms with Gasteiger partial charge in [0.05, 0.1) is 26.4 Å². The SMILES string of the molecule is CCC(=O)NCCC(=O)Nc1cccc(CO[C@H](C(=O)OC)[C@@H](CO[Si](C)(C)C(C)(C)C)NC(=O)OC(C)(C)C)c1. The number of ether oxygens (including phenoxy) is 3. The Balaban J connectivity index is 3.06. The van der Waals surface area contributed by atoms with Crippen LogP contribution in [-0.4, -0.2) is 70.2 Å². The van der Waals surface area contributed by atoms with Gasteiger partial charge in [0.25, 0.3) is 0 Å². The summed E-state index contributed by atoms with van der Waals surface area (Å²) in [5.41, 5.74) is 0.470. The van der Waals surface area contributed by atoms with Crippen molar-refractivity contribution in [2.45, 2.75) is 104 Å². The number of nitrogens with one attached hydrogen (secondary N) is 3. The van der Waals surface area contributed by atoms with Crippen molar-refractivity contribution >= 4 is 37.9 Å². The summed E-state index contributed by atoms with van der Waals surface area (Å²) in [4.78, 5) is 49.2. The van der Waals surface area contributed by atoms with Gasteiger partial charge in [-0.2, -0.15) is 0 Å². The second-order valence-corrected chi connectivity index (χ2v) is 17.1. The molecule has 0 unspecified atom stereocenters. The molecular weight excluding hydrogens is 546 g/mol. The van der Waals surface area contributed by atoms with Crippen LogP contribution in [0.1, 0.15) is 66.9 Å². The Morgan fingerprint density at radius 2 is 1.66 bits per heavy atom. The monoisotopic (exact) mass is 595 g/mol. The summed E-state index contributed by atoms with van der Waals surface area (Å²) in [5, 5.41) is 8.10. The van der Waals surface area contributed by atoms with E-state index in [-0.39, 0.29) is 43.0 Å². The van der Waals surface area contributed by atoms with Crippen LogP contribution in [0.4, 0.5) is 10.5 Å². The van der Waals surface area contributed by atoms with E-state index in [9.17, 15) is 19.2 Å². The molecule has 1 aromatic rings. The third kappa shape index (κ3) is 13.5. The number of hydrogen-bond acceptors (Lipinski definition) is 8. The molecule has 1 aromatic carbocycles. The van der Waals surface area contributed by atoms with Gasteiger partial charge in [-0.3, -0.25) is 9.59 Å². The van der Waals surface area contributed by atoms with Crippen molar-refractivity contribution < 1.29 is 37.8 Å². The zero-order valence-corrected chi connectivity index (χ0v) is 27.3. The zero-order valence-electron chi connectivity index (χ0n) is 26.3. The average molecular weight is 596 g/mol. The number of hydrogen-bond donors (Lipinski definition) is 3. The first kappa shape index (κ1) is 36.1. The fourth-order valence-electron chi connectivity index (χ4n) is 3.23. The van der Waals surface area contributed by atoms with Gasteiger partial charge in [-0.25, -0.2) is 9.59 Å². The van der Waals surface area contributed by atoms with Crippen LogP contribution in [0.15, 0.2) is 24.3 Å². The van der Waals surface area contributed by atoms with E-state index in [1.807, 2.05) is 0 Å². The van der Waals surface area contributed by atoms with Crippen molar-refractivity contribution in [3.05, 3.63) is 29.8 Å². The first-order valence-corrected chi connectivity index (χ1v) is 16.8. The lowest BCUT2D eigenvalue weighted by molar-refractivity contribution is -0.158. The Labute approximate surface area is 245 Å². The molecular formula is C29H49N3O8Si. The Kier molecular flexibility index (Phi) is 14.0. The fraction of sp³-hybridized carbons (Fsp3) is 0.655. The standard InChI is InChI=1S/C29H49N3O8Si/c1-11-23(33)30-16-15-24(34)31-21-14-12-13-20(17-21)18-38-25(26(35)37-8)22(32-27(36)40-28(2,3)4)19-39-41(9,10)29(5,6)7/h12-14,17,22,25H,11,15-16,18-19H2,1-10H3,(H,30,33)(H,31,34)(H,32,36)/t22-,25+/m1/s1. The number of carbonyl (C=O) groups is 4. The normalized spacial score (nSPS) is 13.5. The molecule has 1 rings (SSSR count). The Morgan fingerprint density at radius 1 is 1.00 bits per heavy atom. The first-order valence-electron chi connectivity index (χ1n) is 13.9. The Hall–Kier alpha value is -2.96. The van der Waals surface area contributed by atoms with E-state index in [1.54, 1.807) is 52.0 Å². The third-order valence-corrected chi connectivity index (χ3v) is 11.1. The highest BCUT2D eigenvalue weighted by atomic mass is 28.4. The lowest BCUT2D eigenvalue weighted by Gasteiger charge is -2.38. The summed E-state index contributed by atoms with van der Waals surface area (Å²) < 4.78 is 22.8. The fourth-order valence-corrected chi connectivity index (χ4v) is 4.26. The first-order chi connectivity index (χ1) is 18.9. The zero-order chi connectivity index (χ0) is 31.4. The summed E-state index contributed by atoms with van der Waals surface area (Å²) in [6.45, 7) is 17.6. The molecule has 0 aromatic heterocycles. The molecule has 0 aliphatic rings. The summed E-state index contributed by atoms with van der Waals surface area (Å²) in [7, 11) is -1.00. The van der Waals surface area contributed by atoms with Crippen LogP contribution < -0.4 is 16.0 Å². The highest BCUT2D eigenvalue weighted by molar-refractivity contribution is 6.74. The van der Waals surface area contributed by atoms with Crippen molar-refractivity contribution in [1.82, 2.24) is 10.6 Å². The molecule has 12 heteroatoms. The molecule has 3 N–H and O–H groups in total. The van der Waals surface area contributed by atoms with Crippen molar-refractivity contribution in [2.24, 2.45) is 0 Å². The van der Waals surface area contributed by atoms with Gasteiger partial charge in [0.1, 0.15) is 5.60 Å². The van der Waals surface area contributed by atoms with Gasteiger partial charge in [0.2, 0.25) is 11.8 Å². The molecule has 11 nitrogen and oxygen atoms in total. The largest absolute Gasteiger partial charge is 0.467 e. The molecule has 0 bridgehead atoms. The Bertz CT molecular complexity index is 1030. The number of esters is 1. The van der Waals surface area contributed by atoms with E-state index < -0.39 is 38.1 Å². The predicted octanol–water partition coefficient (Wildman–Crippen LogP) is 4.51. The second-order valence-electron chi connectivity index (χ2n) is 12.3. The third-order valence-electron chi connectivity index (χ3n) is 6.57. The second kappa shape index (κ2) is 15.9. The van der Waals surface area contributed by atoms with E-state index in [0.717, 1.165) is 0 Å². The van der Waals surface area contributed by atoms with Crippen LogP contribution in [0.2, 0.25) is 18.1 Å². The number of benzene rings is 1. The molecule has 0 spiro atoms. The maximum Gasteiger partial charge on any atom is 0.408 e. The molecule has 0 aliphatic carbocycles. The number of carbonyl (C=O) groups excluding carboxylic acids is 4. The van der Waals surface area contributed by atoms with Crippen LogP contribution in [0, 0.1) is 0 Å². The van der Waals surface area contributed by atoms with E-state index in [1.165, 1.54) is 7.11 Å². The smallest absolute Gasteiger partial charge is 0.408 e. The van der Waals surface area contributed by atoms with Crippen LogP contribution in [0.25, 0.3) is 0 Å². The topological polar surface area (TPSA) is 141 Å². The molecule has 0 fully saturated rings. The lowest BCUT2D eigenvalue weighted by Crippen LogP contribution is -2.54. The molecule has 0 saturated heterocycles. The predicted molar refractivity (Wildman–Crippen MR) is 160 cm³/mol. The van der Waals surface area contributed by atoms with Crippen LogP contribution in [0.5, 0.6) is 0 Å². The average Bonchev–Trinajstić information content (AvgIpc) is 2.85. The molecule has 2 atom stereocenters. The number of methoxy groups -OCH3 is 1. The maximum absolute atomic E-state index is 12.9. The summed E-state index contributed by atoms with van der Waals surface area (Å²) in [6, 6.07) is 6.08. The van der Waals surface area contributed by atoms with Gasteiger partial charge in [0.15, 0.2) is 14.4 Å². The molecule has 3 amide bonds. The molecule has 0 radical (unpaired) electrons. The van der Waals surface area contributed by atoms with Crippen LogP contribution >= 0.6 is 0 Å². The highest BCUT2D eigenvalue weighted by Gasteiger charge is 2.40. The summed E-state index contributed by atoms with van der Waals surface area (Å²) in [6.07, 6.45) is -1.42. The summed E-state index contributed by atoms with van der Waals surface area (Å²) in [5.74, 6) is -1.05. The Morgan fingerprint density at radius 3 is 2.22 bits per heavy atom. The minimum Gasteiger partial charge on any atom is -0.467 e. The maximum atomic E-state index is 12.9. The minimum atomic E-state index is -2.25. The van der Waals surface area contributed by atoms with Gasteiger partial charge < -0.3 is 34.6 Å². The van der Waals surface area contributed by atoms with Gasteiger partial charge in [-0.15, -0.1) is 0 Å². The van der Waals surface area contributed by atoms with Crippen molar-refractivity contribution in [2.75, 3.05) is 25.6 Å². The van der Waals surface area contributed by atoms with E-state index in [2.05, 4.69) is 49.8 Å². The molecule has 0 saturated carbocycles. The highest BCUT2D eigenvalue weighted by Crippen LogP contribution is 2.36. The minimum absolute atomic E-state index is 0.0113. The van der Waals surface area contributed by atoms with Gasteiger partial charge in [0, 0.05) is 25.1 Å². The van der Waals surface area contributed by atoms with E-state index in [0.29, 0.717) is 17.7 Å². The molecule has 232 valence electrons. The van der Waals surface area contributed by atoms with Crippen molar-refractivity contribution in [1.29, 1.82) is 0 Å². The molecule has 41 heavy (non-hydrogen) atoms. The summed E-state index contributed by atoms with van der Waals surface area (Å²) >= 11 is 0. The van der Waals surface area contributed by atoms with Crippen LogP contribution in [0.3, 0.4) is 0 Å². The molecule has 0 aliphatic heterocycles. The number of rotatable bonds is 14.